The molecule has 0 aliphatic carbocycles. The summed E-state index contributed by atoms with van der Waals surface area (Å²) in [5.41, 5.74) is 1.05. The highest BCUT2D eigenvalue weighted by Gasteiger charge is 2.26. The fourth-order valence-electron chi connectivity index (χ4n) is 4.06. The summed E-state index contributed by atoms with van der Waals surface area (Å²) in [6, 6.07) is 5.75. The Morgan fingerprint density at radius 1 is 1.13 bits per heavy atom. The lowest BCUT2D eigenvalue weighted by atomic mass is 10.0. The van der Waals surface area contributed by atoms with Gasteiger partial charge in [0.25, 0.3) is 0 Å². The van der Waals surface area contributed by atoms with Crippen molar-refractivity contribution < 1.29 is 14.3 Å². The highest BCUT2D eigenvalue weighted by atomic mass is 16.5. The molecule has 0 bridgehead atoms. The standard InChI is InChI=1S/C22H33N5O3/c1-15(2)13-18(23-16(3)28)22-25-24-21-9-10-26(11-12-27(21)22)14-17-19(29-4)7-6-8-20(17)30-5/h6-8,15,18H,9-14H2,1-5H3,(H,23,28)/t18-/m0/s1. The van der Waals surface area contributed by atoms with Gasteiger partial charge in [0.15, 0.2) is 5.82 Å². The smallest absolute Gasteiger partial charge is 0.217 e. The van der Waals surface area contributed by atoms with Crippen LogP contribution in [0, 0.1) is 5.92 Å². The van der Waals surface area contributed by atoms with Crippen molar-refractivity contribution >= 4 is 5.91 Å². The number of nitrogens with zero attached hydrogens (tertiary/aromatic N) is 4. The number of rotatable bonds is 8. The zero-order valence-electron chi connectivity index (χ0n) is 18.6. The first-order valence-corrected chi connectivity index (χ1v) is 10.5. The first-order valence-electron chi connectivity index (χ1n) is 10.5. The van der Waals surface area contributed by atoms with E-state index in [9.17, 15) is 4.79 Å². The third-order valence-electron chi connectivity index (χ3n) is 5.46. The highest BCUT2D eigenvalue weighted by molar-refractivity contribution is 5.73. The molecule has 0 radical (unpaired) electrons. The minimum atomic E-state index is -0.121. The summed E-state index contributed by atoms with van der Waals surface area (Å²) >= 11 is 0. The number of fused-ring (bicyclic) bond motifs is 1. The van der Waals surface area contributed by atoms with E-state index in [1.165, 1.54) is 0 Å². The Kier molecular flexibility index (Phi) is 7.31. The molecule has 0 saturated carbocycles. The minimum Gasteiger partial charge on any atom is -0.496 e. The summed E-state index contributed by atoms with van der Waals surface area (Å²) < 4.78 is 13.3. The van der Waals surface area contributed by atoms with Crippen molar-refractivity contribution in [2.45, 2.75) is 52.7 Å². The van der Waals surface area contributed by atoms with Gasteiger partial charge in [-0.1, -0.05) is 19.9 Å². The molecule has 1 N–H and O–H groups in total. The number of aromatic nitrogens is 3. The summed E-state index contributed by atoms with van der Waals surface area (Å²) in [5.74, 6) is 3.89. The van der Waals surface area contributed by atoms with E-state index in [0.29, 0.717) is 5.92 Å². The van der Waals surface area contributed by atoms with Gasteiger partial charge in [0.1, 0.15) is 17.3 Å². The van der Waals surface area contributed by atoms with Crippen molar-refractivity contribution in [1.29, 1.82) is 0 Å². The maximum Gasteiger partial charge on any atom is 0.217 e. The maximum atomic E-state index is 11.7. The molecule has 0 fully saturated rings. The van der Waals surface area contributed by atoms with E-state index in [1.807, 2.05) is 18.2 Å². The maximum absolute atomic E-state index is 11.7. The summed E-state index contributed by atoms with van der Waals surface area (Å²) in [5, 5.41) is 12.0. The molecule has 1 amide bonds. The molecular formula is C22H33N5O3. The van der Waals surface area contributed by atoms with Gasteiger partial charge < -0.3 is 19.4 Å². The SMILES string of the molecule is COc1cccc(OC)c1CN1CCc2nnc([C@H](CC(C)C)NC(C)=O)n2CC1. The van der Waals surface area contributed by atoms with Crippen LogP contribution in [0.1, 0.15) is 50.4 Å². The minimum absolute atomic E-state index is 0.0449. The van der Waals surface area contributed by atoms with E-state index in [-0.39, 0.29) is 11.9 Å². The number of amides is 1. The van der Waals surface area contributed by atoms with Crippen LogP contribution in [-0.4, -0.2) is 52.9 Å². The van der Waals surface area contributed by atoms with Gasteiger partial charge in [-0.05, 0) is 24.5 Å². The van der Waals surface area contributed by atoms with Gasteiger partial charge in [-0.2, -0.15) is 0 Å². The molecule has 2 aromatic rings. The number of methoxy groups -OCH3 is 2. The number of nitrogens with one attached hydrogen (secondary N) is 1. The summed E-state index contributed by atoms with van der Waals surface area (Å²) in [4.78, 5) is 14.1. The molecule has 1 aromatic heterocycles. The first kappa shape index (κ1) is 22.1. The molecule has 0 saturated heterocycles. The molecule has 8 heteroatoms. The van der Waals surface area contributed by atoms with E-state index >= 15 is 0 Å². The Bertz CT molecular complexity index is 842. The van der Waals surface area contributed by atoms with Crippen LogP contribution in [0.15, 0.2) is 18.2 Å². The highest BCUT2D eigenvalue weighted by Crippen LogP contribution is 2.30. The van der Waals surface area contributed by atoms with Gasteiger partial charge in [-0.3, -0.25) is 9.69 Å². The van der Waals surface area contributed by atoms with E-state index in [1.54, 1.807) is 21.1 Å². The van der Waals surface area contributed by atoms with Crippen molar-refractivity contribution in [2.75, 3.05) is 27.3 Å². The van der Waals surface area contributed by atoms with Gasteiger partial charge in [0.2, 0.25) is 5.91 Å². The quantitative estimate of drug-likeness (QED) is 0.714. The fraction of sp³-hybridized carbons (Fsp3) is 0.591. The van der Waals surface area contributed by atoms with Crippen molar-refractivity contribution in [1.82, 2.24) is 25.0 Å². The van der Waals surface area contributed by atoms with Gasteiger partial charge in [-0.15, -0.1) is 10.2 Å². The second kappa shape index (κ2) is 9.93. The zero-order valence-corrected chi connectivity index (χ0v) is 18.6. The molecule has 164 valence electrons. The largest absolute Gasteiger partial charge is 0.496 e. The monoisotopic (exact) mass is 415 g/mol. The molecule has 1 aliphatic rings. The van der Waals surface area contributed by atoms with E-state index in [0.717, 1.165) is 67.7 Å². The Labute approximate surface area is 178 Å². The van der Waals surface area contributed by atoms with Crippen LogP contribution >= 0.6 is 0 Å². The third-order valence-corrected chi connectivity index (χ3v) is 5.46. The van der Waals surface area contributed by atoms with Gasteiger partial charge in [-0.25, -0.2) is 0 Å². The average Bonchev–Trinajstić information content (AvgIpc) is 3.01. The molecule has 1 atom stereocenters. The number of carbonyl (C=O) groups excluding carboxylic acids is 1. The molecule has 1 aromatic carbocycles. The molecule has 30 heavy (non-hydrogen) atoms. The fourth-order valence-corrected chi connectivity index (χ4v) is 4.06. The van der Waals surface area contributed by atoms with Crippen molar-refractivity contribution in [3.63, 3.8) is 0 Å². The zero-order chi connectivity index (χ0) is 21.7. The van der Waals surface area contributed by atoms with Gasteiger partial charge in [0, 0.05) is 39.5 Å². The molecule has 2 heterocycles. The van der Waals surface area contributed by atoms with Crippen molar-refractivity contribution in [2.24, 2.45) is 5.92 Å². The lowest BCUT2D eigenvalue weighted by Crippen LogP contribution is -2.31. The number of ether oxygens (including phenoxy) is 2. The van der Waals surface area contributed by atoms with Crippen LogP contribution < -0.4 is 14.8 Å². The van der Waals surface area contributed by atoms with E-state index in [2.05, 4.69) is 38.8 Å². The second-order valence-electron chi connectivity index (χ2n) is 8.18. The number of carbonyl (C=O) groups is 1. The predicted octanol–water partition coefficient (Wildman–Crippen LogP) is 2.58. The van der Waals surface area contributed by atoms with Crippen LogP contribution in [-0.2, 0) is 24.3 Å². The summed E-state index contributed by atoms with van der Waals surface area (Å²) in [7, 11) is 3.37. The predicted molar refractivity (Wildman–Crippen MR) is 115 cm³/mol. The average molecular weight is 416 g/mol. The molecule has 3 rings (SSSR count). The summed E-state index contributed by atoms with van der Waals surface area (Å²) in [6.07, 6.45) is 1.64. The molecule has 1 aliphatic heterocycles. The van der Waals surface area contributed by atoms with Crippen LogP contribution in [0.25, 0.3) is 0 Å². The van der Waals surface area contributed by atoms with Gasteiger partial charge in [0.05, 0.1) is 25.8 Å². The van der Waals surface area contributed by atoms with Crippen LogP contribution in [0.5, 0.6) is 11.5 Å². The Balaban J connectivity index is 1.78. The number of hydrogen-bond acceptors (Lipinski definition) is 6. The van der Waals surface area contributed by atoms with Crippen molar-refractivity contribution in [3.05, 3.63) is 35.4 Å². The Hall–Kier alpha value is -2.61. The molecular weight excluding hydrogens is 382 g/mol. The molecule has 0 unspecified atom stereocenters. The number of hydrogen-bond donors (Lipinski definition) is 1. The normalized spacial score (nSPS) is 15.4. The lowest BCUT2D eigenvalue weighted by molar-refractivity contribution is -0.119. The summed E-state index contributed by atoms with van der Waals surface area (Å²) in [6.45, 7) is 9.09. The van der Waals surface area contributed by atoms with Crippen LogP contribution in [0.4, 0.5) is 0 Å². The number of benzene rings is 1. The Morgan fingerprint density at radius 2 is 1.83 bits per heavy atom. The molecule has 0 spiro atoms. The second-order valence-corrected chi connectivity index (χ2v) is 8.18. The van der Waals surface area contributed by atoms with Crippen molar-refractivity contribution in [3.8, 4) is 11.5 Å². The first-order chi connectivity index (χ1) is 14.4. The van der Waals surface area contributed by atoms with E-state index in [4.69, 9.17) is 9.47 Å². The topological polar surface area (TPSA) is 81.5 Å². The lowest BCUT2D eigenvalue weighted by Gasteiger charge is -2.23. The molecule has 8 nitrogen and oxygen atoms in total. The van der Waals surface area contributed by atoms with E-state index < -0.39 is 0 Å². The Morgan fingerprint density at radius 3 is 2.43 bits per heavy atom. The van der Waals surface area contributed by atoms with Crippen LogP contribution in [0.2, 0.25) is 0 Å². The van der Waals surface area contributed by atoms with Gasteiger partial charge >= 0.3 is 0 Å². The van der Waals surface area contributed by atoms with Crippen LogP contribution in [0.3, 0.4) is 0 Å². The third kappa shape index (κ3) is 5.11.